The molecule has 2 aromatic heterocycles. The number of carbonyl (C=O) groups is 1. The van der Waals surface area contributed by atoms with E-state index >= 15 is 0 Å². The molecule has 0 spiro atoms. The largest absolute Gasteiger partial charge is 0.495 e. The SMILES string of the molecule is COc1ccccc1NC(=O)C1=C(C)Nc2nc(SCc3ccccc3Cl)nn2[C@H]1c1ccccn1. The number of amides is 1. The van der Waals surface area contributed by atoms with Crippen molar-refractivity contribution in [3.8, 4) is 5.75 Å². The van der Waals surface area contributed by atoms with Gasteiger partial charge < -0.3 is 15.4 Å². The number of ether oxygens (including phenoxy) is 1. The van der Waals surface area contributed by atoms with Crippen molar-refractivity contribution in [1.29, 1.82) is 0 Å². The molecule has 0 aliphatic carbocycles. The number of nitrogens with one attached hydrogen (secondary N) is 2. The van der Waals surface area contributed by atoms with Gasteiger partial charge >= 0.3 is 0 Å². The van der Waals surface area contributed by atoms with E-state index in [4.69, 9.17) is 21.4 Å². The highest BCUT2D eigenvalue weighted by molar-refractivity contribution is 7.98. The number of thioether (sulfide) groups is 1. The third-order valence-corrected chi connectivity index (χ3v) is 6.97. The number of hydrogen-bond acceptors (Lipinski definition) is 7. The second kappa shape index (κ2) is 10.4. The summed E-state index contributed by atoms with van der Waals surface area (Å²) in [6.07, 6.45) is 1.70. The van der Waals surface area contributed by atoms with Gasteiger partial charge in [0, 0.05) is 22.7 Å². The maximum Gasteiger partial charge on any atom is 0.256 e. The Hall–Kier alpha value is -3.82. The summed E-state index contributed by atoms with van der Waals surface area (Å²) in [6.45, 7) is 1.85. The van der Waals surface area contributed by atoms with Crippen LogP contribution in [-0.2, 0) is 10.5 Å². The number of fused-ring (bicyclic) bond motifs is 1. The molecule has 0 unspecified atom stereocenters. The quantitative estimate of drug-likeness (QED) is 0.309. The van der Waals surface area contributed by atoms with E-state index in [1.807, 2.05) is 61.5 Å². The highest BCUT2D eigenvalue weighted by Crippen LogP contribution is 2.37. The van der Waals surface area contributed by atoms with E-state index in [0.717, 1.165) is 5.56 Å². The van der Waals surface area contributed by atoms with Crippen molar-refractivity contribution in [2.24, 2.45) is 0 Å². The van der Waals surface area contributed by atoms with Crippen LogP contribution in [0.3, 0.4) is 0 Å². The van der Waals surface area contributed by atoms with Crippen molar-refractivity contribution < 1.29 is 9.53 Å². The monoisotopic (exact) mass is 518 g/mol. The molecule has 0 radical (unpaired) electrons. The van der Waals surface area contributed by atoms with Crippen LogP contribution in [0.5, 0.6) is 5.75 Å². The molecule has 4 aromatic rings. The average molecular weight is 519 g/mol. The maximum atomic E-state index is 13.6. The molecule has 0 fully saturated rings. The number of nitrogens with zero attached hydrogens (tertiary/aromatic N) is 4. The van der Waals surface area contributed by atoms with Gasteiger partial charge in [-0.15, -0.1) is 5.10 Å². The second-order valence-corrected chi connectivity index (χ2v) is 9.37. The fraction of sp³-hybridized carbons (Fsp3) is 0.154. The maximum absolute atomic E-state index is 13.6. The lowest BCUT2D eigenvalue weighted by Crippen LogP contribution is -2.32. The summed E-state index contributed by atoms with van der Waals surface area (Å²) in [6, 6.07) is 20.0. The van der Waals surface area contributed by atoms with Gasteiger partial charge in [0.2, 0.25) is 11.1 Å². The Morgan fingerprint density at radius 2 is 1.92 bits per heavy atom. The van der Waals surface area contributed by atoms with Crippen LogP contribution in [0.1, 0.15) is 24.2 Å². The first-order chi connectivity index (χ1) is 17.5. The van der Waals surface area contributed by atoms with Crippen LogP contribution in [0.25, 0.3) is 0 Å². The normalized spacial score (nSPS) is 14.7. The zero-order valence-corrected chi connectivity index (χ0v) is 21.2. The molecule has 0 saturated heterocycles. The zero-order chi connectivity index (χ0) is 25.1. The summed E-state index contributed by atoms with van der Waals surface area (Å²) in [7, 11) is 1.57. The minimum atomic E-state index is -0.570. The fourth-order valence-electron chi connectivity index (χ4n) is 3.99. The molecule has 2 aromatic carbocycles. The fourth-order valence-corrected chi connectivity index (χ4v) is 5.11. The van der Waals surface area contributed by atoms with Crippen LogP contribution in [0.15, 0.2) is 89.4 Å². The van der Waals surface area contributed by atoms with Gasteiger partial charge in [-0.25, -0.2) is 4.68 Å². The Morgan fingerprint density at radius 3 is 2.69 bits per heavy atom. The number of hydrogen-bond donors (Lipinski definition) is 2. The van der Waals surface area contributed by atoms with Crippen LogP contribution in [0.2, 0.25) is 5.02 Å². The highest BCUT2D eigenvalue weighted by atomic mass is 35.5. The lowest BCUT2D eigenvalue weighted by Gasteiger charge is -2.28. The van der Waals surface area contributed by atoms with Crippen LogP contribution in [0.4, 0.5) is 11.6 Å². The number of anilines is 2. The minimum absolute atomic E-state index is 0.286. The first kappa shape index (κ1) is 23.9. The molecule has 1 aliphatic rings. The Bertz CT molecular complexity index is 1440. The standard InChI is InChI=1S/C26H23ClN6O2S/c1-16-22(24(34)30-19-11-5-6-13-21(19)35-2)23(20-12-7-8-14-28-20)33-25(29-16)31-26(32-33)36-15-17-9-3-4-10-18(17)27/h3-14,23H,15H2,1-2H3,(H,30,34)(H,29,31,32)/t23-/m0/s1. The molecule has 1 aliphatic heterocycles. The lowest BCUT2D eigenvalue weighted by molar-refractivity contribution is -0.113. The topological polar surface area (TPSA) is 94.0 Å². The lowest BCUT2D eigenvalue weighted by atomic mass is 9.98. The van der Waals surface area contributed by atoms with Crippen molar-refractivity contribution in [3.63, 3.8) is 0 Å². The first-order valence-corrected chi connectivity index (χ1v) is 12.6. The Labute approximate surface area is 217 Å². The summed E-state index contributed by atoms with van der Waals surface area (Å²) < 4.78 is 7.11. The predicted octanol–water partition coefficient (Wildman–Crippen LogP) is 5.56. The van der Waals surface area contributed by atoms with E-state index in [0.29, 0.717) is 50.3 Å². The van der Waals surface area contributed by atoms with Crippen LogP contribution >= 0.6 is 23.4 Å². The molecule has 5 rings (SSSR count). The summed E-state index contributed by atoms with van der Waals surface area (Å²) in [4.78, 5) is 22.8. The Kier molecular flexibility index (Phi) is 6.92. The van der Waals surface area contributed by atoms with Crippen LogP contribution < -0.4 is 15.4 Å². The molecule has 36 heavy (non-hydrogen) atoms. The summed E-state index contributed by atoms with van der Waals surface area (Å²) >= 11 is 7.79. The van der Waals surface area contributed by atoms with E-state index in [-0.39, 0.29) is 5.91 Å². The minimum Gasteiger partial charge on any atom is -0.495 e. The molecule has 0 saturated carbocycles. The number of carbonyl (C=O) groups excluding carboxylic acids is 1. The van der Waals surface area contributed by atoms with Gasteiger partial charge in [0.1, 0.15) is 11.8 Å². The van der Waals surface area contributed by atoms with Gasteiger partial charge in [-0.1, -0.05) is 59.8 Å². The Balaban J connectivity index is 1.48. The van der Waals surface area contributed by atoms with E-state index in [9.17, 15) is 4.79 Å². The van der Waals surface area contributed by atoms with Crippen LogP contribution in [0, 0.1) is 0 Å². The number of methoxy groups -OCH3 is 1. The molecule has 2 N–H and O–H groups in total. The molecule has 182 valence electrons. The molecule has 3 heterocycles. The molecule has 8 nitrogen and oxygen atoms in total. The van der Waals surface area contributed by atoms with Crippen molar-refractivity contribution in [3.05, 3.63) is 100 Å². The summed E-state index contributed by atoms with van der Waals surface area (Å²) in [5.41, 5.74) is 3.40. The van der Waals surface area contributed by atoms with Gasteiger partial charge in [0.05, 0.1) is 24.1 Å². The van der Waals surface area contributed by atoms with Crippen molar-refractivity contribution in [1.82, 2.24) is 19.7 Å². The smallest absolute Gasteiger partial charge is 0.256 e. The highest BCUT2D eigenvalue weighted by Gasteiger charge is 2.35. The molecule has 0 bridgehead atoms. The molecular formula is C26H23ClN6O2S. The van der Waals surface area contributed by atoms with Crippen LogP contribution in [-0.4, -0.2) is 32.8 Å². The third-order valence-electron chi connectivity index (χ3n) is 5.72. The third kappa shape index (κ3) is 4.80. The van der Waals surface area contributed by atoms with E-state index < -0.39 is 6.04 Å². The average Bonchev–Trinajstić information content (AvgIpc) is 3.30. The first-order valence-electron chi connectivity index (χ1n) is 11.2. The number of aromatic nitrogens is 4. The molecular weight excluding hydrogens is 496 g/mol. The van der Waals surface area contributed by atoms with Gasteiger partial charge in [-0.05, 0) is 42.8 Å². The predicted molar refractivity (Wildman–Crippen MR) is 141 cm³/mol. The van der Waals surface area contributed by atoms with Gasteiger partial charge in [-0.3, -0.25) is 9.78 Å². The number of rotatable bonds is 7. The number of allylic oxidation sites excluding steroid dienone is 1. The van der Waals surface area contributed by atoms with E-state index in [2.05, 4.69) is 20.6 Å². The van der Waals surface area contributed by atoms with Crippen molar-refractivity contribution >= 4 is 40.9 Å². The molecule has 1 atom stereocenters. The van der Waals surface area contributed by atoms with Crippen molar-refractivity contribution in [2.75, 3.05) is 17.7 Å². The number of para-hydroxylation sites is 2. The number of halogens is 1. The molecule has 1 amide bonds. The van der Waals surface area contributed by atoms with Gasteiger partial charge in [0.25, 0.3) is 5.91 Å². The van der Waals surface area contributed by atoms with E-state index in [1.165, 1.54) is 11.8 Å². The van der Waals surface area contributed by atoms with Gasteiger partial charge in [0.15, 0.2) is 0 Å². The van der Waals surface area contributed by atoms with E-state index in [1.54, 1.807) is 30.1 Å². The summed E-state index contributed by atoms with van der Waals surface area (Å²) in [5, 5.41) is 12.2. The number of benzene rings is 2. The number of pyridine rings is 1. The second-order valence-electron chi connectivity index (χ2n) is 8.02. The molecule has 10 heteroatoms. The zero-order valence-electron chi connectivity index (χ0n) is 19.6. The van der Waals surface area contributed by atoms with Crippen molar-refractivity contribution in [2.45, 2.75) is 23.9 Å². The van der Waals surface area contributed by atoms with Gasteiger partial charge in [-0.2, -0.15) is 4.98 Å². The Morgan fingerprint density at radius 1 is 1.14 bits per heavy atom. The summed E-state index contributed by atoms with van der Waals surface area (Å²) in [5.74, 6) is 1.44.